The molecule has 3 aromatic rings. The van der Waals surface area contributed by atoms with E-state index in [2.05, 4.69) is 48.3 Å². The molecular weight excluding hydrogens is 532 g/mol. The number of carbonyl (C=O) groups is 1. The molecule has 4 fully saturated rings. The summed E-state index contributed by atoms with van der Waals surface area (Å²) in [5.41, 5.74) is 4.91. The van der Waals surface area contributed by atoms with Crippen molar-refractivity contribution < 1.29 is 19.4 Å². The molecule has 1 heterocycles. The number of aryl methyl sites for hydroxylation is 1. The molecule has 4 aliphatic rings. The maximum atomic E-state index is 14.3. The van der Waals surface area contributed by atoms with Crippen molar-refractivity contribution in [2.45, 2.75) is 82.7 Å². The molecule has 218 valence electrons. The predicted octanol–water partition coefficient (Wildman–Crippen LogP) is 7.31. The van der Waals surface area contributed by atoms with E-state index in [1.807, 2.05) is 17.2 Å². The summed E-state index contributed by atoms with van der Waals surface area (Å²) in [6.07, 6.45) is 11.5. The Morgan fingerprint density at radius 2 is 1.78 bits per heavy atom. The standard InChI is InChI=1S/C34H42N2O4S/c1-23-19-25(11-12-29(23)39-2)34-16-13-33(14-17-34,15-18-34)22-36(31(38)27-9-4-5-10-28(27)37)26-8-6-7-24(20-26)30-21-35-32(40-3)41-30/h6-8,11-12,19-21,27-28,37H,4-5,9-10,13-18,22H2,1-3H3. The Labute approximate surface area is 247 Å². The molecule has 0 aliphatic heterocycles. The second-order valence-electron chi connectivity index (χ2n) is 12.6. The van der Waals surface area contributed by atoms with Crippen molar-refractivity contribution in [3.8, 4) is 21.4 Å². The van der Waals surface area contributed by atoms with Gasteiger partial charge in [0.1, 0.15) is 5.75 Å². The number of amides is 1. The number of rotatable bonds is 8. The Bertz CT molecular complexity index is 1380. The zero-order valence-electron chi connectivity index (χ0n) is 24.5. The third-order valence-electron chi connectivity index (χ3n) is 10.3. The molecule has 0 spiro atoms. The summed E-state index contributed by atoms with van der Waals surface area (Å²) in [7, 11) is 3.37. The number of methoxy groups -OCH3 is 2. The maximum Gasteiger partial charge on any atom is 0.273 e. The highest BCUT2D eigenvalue weighted by atomic mass is 32.1. The lowest BCUT2D eigenvalue weighted by atomic mass is 9.51. The van der Waals surface area contributed by atoms with Crippen LogP contribution in [-0.2, 0) is 10.2 Å². The number of hydrogen-bond donors (Lipinski definition) is 1. The average Bonchev–Trinajstić information content (AvgIpc) is 3.50. The highest BCUT2D eigenvalue weighted by molar-refractivity contribution is 7.16. The van der Waals surface area contributed by atoms with Crippen molar-refractivity contribution >= 4 is 22.9 Å². The van der Waals surface area contributed by atoms with Crippen LogP contribution in [0.3, 0.4) is 0 Å². The molecule has 1 N–H and O–H groups in total. The van der Waals surface area contributed by atoms with E-state index in [1.54, 1.807) is 14.2 Å². The number of aliphatic hydroxyl groups excluding tert-OH is 1. The van der Waals surface area contributed by atoms with Crippen molar-refractivity contribution in [3.63, 3.8) is 0 Å². The molecule has 2 unspecified atom stereocenters. The van der Waals surface area contributed by atoms with Crippen LogP contribution in [0.25, 0.3) is 10.4 Å². The van der Waals surface area contributed by atoms with Gasteiger partial charge in [0.25, 0.3) is 5.19 Å². The largest absolute Gasteiger partial charge is 0.496 e. The van der Waals surface area contributed by atoms with Crippen LogP contribution in [0.5, 0.6) is 10.9 Å². The third kappa shape index (κ3) is 5.39. The number of aliphatic hydroxyl groups is 1. The smallest absolute Gasteiger partial charge is 0.273 e. The zero-order valence-corrected chi connectivity index (χ0v) is 25.3. The Morgan fingerprint density at radius 3 is 2.44 bits per heavy atom. The molecule has 7 rings (SSSR count). The van der Waals surface area contributed by atoms with E-state index in [0.717, 1.165) is 79.7 Å². The van der Waals surface area contributed by atoms with E-state index in [0.29, 0.717) is 18.2 Å². The van der Waals surface area contributed by atoms with Gasteiger partial charge >= 0.3 is 0 Å². The number of carbonyl (C=O) groups excluding carboxylic acids is 1. The molecule has 41 heavy (non-hydrogen) atoms. The second kappa shape index (κ2) is 11.4. The maximum absolute atomic E-state index is 14.3. The fourth-order valence-corrected chi connectivity index (χ4v) is 8.41. The van der Waals surface area contributed by atoms with Gasteiger partial charge in [-0.1, -0.05) is 48.4 Å². The summed E-state index contributed by atoms with van der Waals surface area (Å²) in [5.74, 6) is 0.698. The number of anilines is 1. The van der Waals surface area contributed by atoms with Crippen LogP contribution in [0.4, 0.5) is 5.69 Å². The highest BCUT2D eigenvalue weighted by Crippen LogP contribution is 2.58. The second-order valence-corrected chi connectivity index (χ2v) is 13.6. The Morgan fingerprint density at radius 1 is 1.02 bits per heavy atom. The number of ether oxygens (including phenoxy) is 2. The van der Waals surface area contributed by atoms with Crippen molar-refractivity contribution in [2.75, 3.05) is 25.7 Å². The fraction of sp³-hybridized carbons (Fsp3) is 0.529. The Kier molecular flexibility index (Phi) is 7.86. The zero-order chi connectivity index (χ0) is 28.6. The van der Waals surface area contributed by atoms with E-state index < -0.39 is 6.10 Å². The predicted molar refractivity (Wildman–Crippen MR) is 164 cm³/mol. The molecule has 4 aliphatic carbocycles. The lowest BCUT2D eigenvalue weighted by molar-refractivity contribution is -0.128. The van der Waals surface area contributed by atoms with Crippen molar-refractivity contribution in [3.05, 3.63) is 59.8 Å². The van der Waals surface area contributed by atoms with Crippen molar-refractivity contribution in [1.29, 1.82) is 0 Å². The van der Waals surface area contributed by atoms with Gasteiger partial charge in [-0.3, -0.25) is 4.79 Å². The lowest BCUT2D eigenvalue weighted by Gasteiger charge is -2.55. The number of hydrogen-bond acceptors (Lipinski definition) is 6. The summed E-state index contributed by atoms with van der Waals surface area (Å²) in [5, 5.41) is 11.5. The van der Waals surface area contributed by atoms with Gasteiger partial charge in [-0.05, 0) is 104 Å². The average molecular weight is 575 g/mol. The molecule has 0 saturated heterocycles. The summed E-state index contributed by atoms with van der Waals surface area (Å²) in [4.78, 5) is 21.7. The Balaban J connectivity index is 1.28. The number of thiazole rings is 1. The number of benzene rings is 2. The van der Waals surface area contributed by atoms with Crippen LogP contribution >= 0.6 is 11.3 Å². The van der Waals surface area contributed by atoms with Crippen LogP contribution in [0.2, 0.25) is 0 Å². The quantitative estimate of drug-likeness (QED) is 0.305. The van der Waals surface area contributed by atoms with Gasteiger partial charge < -0.3 is 19.5 Å². The number of nitrogens with zero attached hydrogens (tertiary/aromatic N) is 2. The third-order valence-corrected chi connectivity index (χ3v) is 11.3. The van der Waals surface area contributed by atoms with Gasteiger partial charge in [0.15, 0.2) is 0 Å². The molecule has 7 heteroatoms. The molecule has 2 bridgehead atoms. The highest BCUT2D eigenvalue weighted by Gasteiger charge is 2.51. The van der Waals surface area contributed by atoms with E-state index >= 15 is 0 Å². The fourth-order valence-electron chi connectivity index (χ4n) is 7.69. The van der Waals surface area contributed by atoms with Gasteiger partial charge in [-0.2, -0.15) is 0 Å². The van der Waals surface area contributed by atoms with E-state index in [9.17, 15) is 9.90 Å². The van der Waals surface area contributed by atoms with Crippen LogP contribution in [0.15, 0.2) is 48.7 Å². The van der Waals surface area contributed by atoms with Gasteiger partial charge in [-0.25, -0.2) is 4.98 Å². The van der Waals surface area contributed by atoms with Crippen LogP contribution < -0.4 is 14.4 Å². The van der Waals surface area contributed by atoms with E-state index in [4.69, 9.17) is 9.47 Å². The SMILES string of the molecule is COc1ncc(-c2cccc(N(CC34CCC(c5ccc(OC)c(C)c5)(CC3)CC4)C(=O)C3CCCCC3O)c2)s1. The summed E-state index contributed by atoms with van der Waals surface area (Å²) in [6, 6.07) is 15.0. The molecule has 1 aromatic heterocycles. The topological polar surface area (TPSA) is 71.9 Å². The molecule has 4 saturated carbocycles. The molecule has 6 nitrogen and oxygen atoms in total. The van der Waals surface area contributed by atoms with E-state index in [1.165, 1.54) is 22.5 Å². The number of fused-ring (bicyclic) bond motifs is 3. The van der Waals surface area contributed by atoms with Crippen LogP contribution in [0.1, 0.15) is 75.3 Å². The first-order valence-electron chi connectivity index (χ1n) is 15.1. The normalized spacial score (nSPS) is 27.4. The van der Waals surface area contributed by atoms with Crippen molar-refractivity contribution in [2.24, 2.45) is 11.3 Å². The first-order chi connectivity index (χ1) is 19.9. The van der Waals surface area contributed by atoms with Gasteiger partial charge in [0, 0.05) is 18.4 Å². The molecule has 2 aromatic carbocycles. The first-order valence-corrected chi connectivity index (χ1v) is 15.9. The summed E-state index contributed by atoms with van der Waals surface area (Å²) >= 11 is 1.51. The van der Waals surface area contributed by atoms with Gasteiger partial charge in [0.2, 0.25) is 5.91 Å². The minimum Gasteiger partial charge on any atom is -0.496 e. The summed E-state index contributed by atoms with van der Waals surface area (Å²) < 4.78 is 10.8. The lowest BCUT2D eigenvalue weighted by Crippen LogP contribution is -2.52. The van der Waals surface area contributed by atoms with Crippen LogP contribution in [0, 0.1) is 18.3 Å². The molecule has 2 atom stereocenters. The van der Waals surface area contributed by atoms with E-state index in [-0.39, 0.29) is 22.7 Å². The number of aromatic nitrogens is 1. The molecule has 1 amide bonds. The summed E-state index contributed by atoms with van der Waals surface area (Å²) in [6.45, 7) is 2.84. The van der Waals surface area contributed by atoms with Gasteiger partial charge in [-0.15, -0.1) is 0 Å². The molecule has 0 radical (unpaired) electrons. The minimum absolute atomic E-state index is 0.0822. The first kappa shape index (κ1) is 28.2. The van der Waals surface area contributed by atoms with Crippen LogP contribution in [-0.4, -0.2) is 42.9 Å². The monoisotopic (exact) mass is 574 g/mol. The minimum atomic E-state index is -0.561. The van der Waals surface area contributed by atoms with Gasteiger partial charge in [0.05, 0.1) is 31.1 Å². The Hall–Kier alpha value is -2.90. The van der Waals surface area contributed by atoms with Crippen molar-refractivity contribution in [1.82, 2.24) is 4.98 Å². The molecular formula is C34H42N2O4S.